The van der Waals surface area contributed by atoms with Crippen molar-refractivity contribution in [1.82, 2.24) is 14.0 Å². The third-order valence-electron chi connectivity index (χ3n) is 7.81. The molecule has 5 rings (SSSR count). The van der Waals surface area contributed by atoms with Crippen LogP contribution in [0.25, 0.3) is 5.69 Å². The molecule has 1 aliphatic rings. The Morgan fingerprint density at radius 1 is 0.875 bits per heavy atom. The van der Waals surface area contributed by atoms with E-state index in [9.17, 15) is 9.59 Å². The summed E-state index contributed by atoms with van der Waals surface area (Å²) in [6.45, 7) is 4.25. The number of hydrogen-bond donors (Lipinski definition) is 0. The van der Waals surface area contributed by atoms with Gasteiger partial charge in [-0.3, -0.25) is 14.0 Å². The van der Waals surface area contributed by atoms with E-state index in [0.29, 0.717) is 19.1 Å². The Labute approximate surface area is 235 Å². The van der Waals surface area contributed by atoms with Gasteiger partial charge in [0, 0.05) is 19.5 Å². The molecule has 7 nitrogen and oxygen atoms in total. The summed E-state index contributed by atoms with van der Waals surface area (Å²) in [5.74, 6) is 0.211. The Morgan fingerprint density at radius 3 is 2.10 bits per heavy atom. The summed E-state index contributed by atoms with van der Waals surface area (Å²) in [5, 5.41) is 0. The fourth-order valence-corrected chi connectivity index (χ4v) is 5.74. The molecular formula is C33H37N3O4. The third-order valence-corrected chi connectivity index (χ3v) is 7.81. The second-order valence-corrected chi connectivity index (χ2v) is 10.2. The van der Waals surface area contributed by atoms with Crippen LogP contribution in [0.2, 0.25) is 0 Å². The van der Waals surface area contributed by atoms with Gasteiger partial charge in [-0.15, -0.1) is 0 Å². The molecule has 40 heavy (non-hydrogen) atoms. The molecule has 3 aromatic carbocycles. The zero-order valence-corrected chi connectivity index (χ0v) is 23.2. The number of nitrogens with zero attached hydrogens (tertiary/aromatic N) is 3. The van der Waals surface area contributed by atoms with Gasteiger partial charge in [-0.1, -0.05) is 72.8 Å². The van der Waals surface area contributed by atoms with Crippen LogP contribution in [0.4, 0.5) is 0 Å². The number of carbonyl (C=O) groups excluding carboxylic acids is 1. The maximum atomic E-state index is 13.4. The monoisotopic (exact) mass is 539 g/mol. The van der Waals surface area contributed by atoms with Crippen LogP contribution in [-0.2, 0) is 14.3 Å². The molecule has 0 amide bonds. The molecule has 2 heterocycles. The van der Waals surface area contributed by atoms with Crippen LogP contribution in [0.5, 0.6) is 0 Å². The highest BCUT2D eigenvalue weighted by Crippen LogP contribution is 2.33. The number of carbonyl (C=O) groups is 1. The highest BCUT2D eigenvalue weighted by atomic mass is 16.5. The van der Waals surface area contributed by atoms with E-state index in [1.165, 1.54) is 5.56 Å². The minimum atomic E-state index is -0.377. The first-order valence-electron chi connectivity index (χ1n) is 14.0. The van der Waals surface area contributed by atoms with Crippen LogP contribution >= 0.6 is 0 Å². The first-order valence-corrected chi connectivity index (χ1v) is 14.0. The lowest BCUT2D eigenvalue weighted by atomic mass is 9.88. The summed E-state index contributed by atoms with van der Waals surface area (Å²) in [4.78, 5) is 28.5. The van der Waals surface area contributed by atoms with E-state index in [4.69, 9.17) is 9.47 Å². The average Bonchev–Trinajstić information content (AvgIpc) is 3.38. The van der Waals surface area contributed by atoms with Gasteiger partial charge in [-0.25, -0.2) is 9.59 Å². The molecule has 1 aromatic heterocycles. The minimum absolute atomic E-state index is 0.0992. The Balaban J connectivity index is 1.28. The Hall–Kier alpha value is -3.94. The van der Waals surface area contributed by atoms with E-state index < -0.39 is 0 Å². The standard InChI is InChI=1S/C33H37N3O4/c1-3-40-32(37)31(28-12-8-5-9-13-28)34-20-18-26(19-21-34)25-14-16-29(17-15-25)35-22-23-36(33(35)38)30(24-39-2)27-10-6-4-7-11-27/h4-17,22-23,26,30-31H,3,18-21,24H2,1-2H3/t30-,31?/m0/s1. The van der Waals surface area contributed by atoms with Gasteiger partial charge < -0.3 is 9.47 Å². The van der Waals surface area contributed by atoms with Crippen molar-refractivity contribution in [2.24, 2.45) is 0 Å². The molecule has 0 radical (unpaired) electrons. The molecule has 1 fully saturated rings. The topological polar surface area (TPSA) is 65.7 Å². The second-order valence-electron chi connectivity index (χ2n) is 10.2. The van der Waals surface area contributed by atoms with Gasteiger partial charge >= 0.3 is 11.7 Å². The summed E-state index contributed by atoms with van der Waals surface area (Å²) in [7, 11) is 1.65. The summed E-state index contributed by atoms with van der Waals surface area (Å²) in [6.07, 6.45) is 5.55. The molecule has 4 aromatic rings. The fraction of sp³-hybridized carbons (Fsp3) is 0.333. The number of hydrogen-bond acceptors (Lipinski definition) is 5. The third kappa shape index (κ3) is 5.96. The largest absolute Gasteiger partial charge is 0.465 e. The van der Waals surface area contributed by atoms with Crippen LogP contribution in [0.3, 0.4) is 0 Å². The molecule has 2 atom stereocenters. The van der Waals surface area contributed by atoms with E-state index in [1.54, 1.807) is 16.2 Å². The van der Waals surface area contributed by atoms with Gasteiger partial charge in [0.1, 0.15) is 6.04 Å². The lowest BCUT2D eigenvalue weighted by Crippen LogP contribution is -2.40. The summed E-state index contributed by atoms with van der Waals surface area (Å²) < 4.78 is 14.3. The van der Waals surface area contributed by atoms with Crippen LogP contribution in [0, 0.1) is 0 Å². The maximum absolute atomic E-state index is 13.4. The number of piperidine rings is 1. The van der Waals surface area contributed by atoms with Crippen LogP contribution in [-0.4, -0.2) is 53.4 Å². The zero-order valence-electron chi connectivity index (χ0n) is 23.2. The van der Waals surface area contributed by atoms with Gasteiger partial charge in [0.05, 0.1) is 24.9 Å². The lowest BCUT2D eigenvalue weighted by Gasteiger charge is -2.36. The number of benzene rings is 3. The van der Waals surface area contributed by atoms with E-state index in [0.717, 1.165) is 42.7 Å². The highest BCUT2D eigenvalue weighted by molar-refractivity contribution is 5.77. The van der Waals surface area contributed by atoms with Crippen molar-refractivity contribution < 1.29 is 14.3 Å². The van der Waals surface area contributed by atoms with Gasteiger partial charge in [0.15, 0.2) is 0 Å². The van der Waals surface area contributed by atoms with E-state index >= 15 is 0 Å². The molecule has 1 aliphatic heterocycles. The normalized spacial score (nSPS) is 15.9. The van der Waals surface area contributed by atoms with Crippen LogP contribution < -0.4 is 5.69 Å². The average molecular weight is 540 g/mol. The predicted molar refractivity (Wildman–Crippen MR) is 156 cm³/mol. The van der Waals surface area contributed by atoms with E-state index in [2.05, 4.69) is 17.0 Å². The van der Waals surface area contributed by atoms with Crippen molar-refractivity contribution in [1.29, 1.82) is 0 Å². The first-order chi connectivity index (χ1) is 19.6. The molecular weight excluding hydrogens is 502 g/mol. The molecule has 0 bridgehead atoms. The van der Waals surface area contributed by atoms with E-state index in [1.807, 2.05) is 92.1 Å². The van der Waals surface area contributed by atoms with Crippen molar-refractivity contribution in [2.75, 3.05) is 33.4 Å². The smallest absolute Gasteiger partial charge is 0.333 e. The number of ether oxygens (including phenoxy) is 2. The SMILES string of the molecule is CCOC(=O)C(c1ccccc1)N1CCC(c2ccc(-n3ccn([C@@H](COC)c4ccccc4)c3=O)cc2)CC1. The Morgan fingerprint density at radius 2 is 1.50 bits per heavy atom. The number of methoxy groups -OCH3 is 1. The Bertz CT molecular complexity index is 1420. The number of rotatable bonds is 10. The van der Waals surface area contributed by atoms with Gasteiger partial charge in [0.2, 0.25) is 0 Å². The molecule has 0 saturated carbocycles. The first kappa shape index (κ1) is 27.6. The van der Waals surface area contributed by atoms with Crippen molar-refractivity contribution in [3.8, 4) is 5.69 Å². The predicted octanol–water partition coefficient (Wildman–Crippen LogP) is 5.36. The molecule has 7 heteroatoms. The van der Waals surface area contributed by atoms with E-state index in [-0.39, 0.29) is 23.7 Å². The van der Waals surface area contributed by atoms with Crippen LogP contribution in [0.15, 0.2) is 102 Å². The highest BCUT2D eigenvalue weighted by Gasteiger charge is 2.32. The quantitative estimate of drug-likeness (QED) is 0.254. The van der Waals surface area contributed by atoms with Gasteiger partial charge in [-0.05, 0) is 67.6 Å². The summed E-state index contributed by atoms with van der Waals surface area (Å²) >= 11 is 0. The number of esters is 1. The minimum Gasteiger partial charge on any atom is -0.465 e. The molecule has 208 valence electrons. The number of aromatic nitrogens is 2. The molecule has 1 unspecified atom stereocenters. The van der Waals surface area contributed by atoms with Crippen LogP contribution in [0.1, 0.15) is 54.5 Å². The molecule has 0 N–H and O–H groups in total. The maximum Gasteiger partial charge on any atom is 0.333 e. The van der Waals surface area contributed by atoms with Crippen molar-refractivity contribution in [2.45, 2.75) is 37.8 Å². The van der Waals surface area contributed by atoms with Crippen molar-refractivity contribution in [3.05, 3.63) is 124 Å². The number of imidazole rings is 1. The van der Waals surface area contributed by atoms with Gasteiger partial charge in [-0.2, -0.15) is 0 Å². The van der Waals surface area contributed by atoms with Crippen molar-refractivity contribution in [3.63, 3.8) is 0 Å². The fourth-order valence-electron chi connectivity index (χ4n) is 5.74. The second kappa shape index (κ2) is 12.9. The molecule has 0 spiro atoms. The summed E-state index contributed by atoms with van der Waals surface area (Å²) in [5.41, 5.74) is 3.99. The Kier molecular flexibility index (Phi) is 8.94. The molecule has 1 saturated heterocycles. The lowest BCUT2D eigenvalue weighted by molar-refractivity contribution is -0.150. The zero-order chi connectivity index (χ0) is 27.9. The molecule has 0 aliphatic carbocycles. The summed E-state index contributed by atoms with van der Waals surface area (Å²) in [6, 6.07) is 27.6. The van der Waals surface area contributed by atoms with Gasteiger partial charge in [0.25, 0.3) is 0 Å². The number of likely N-dealkylation sites (tertiary alicyclic amines) is 1. The van der Waals surface area contributed by atoms with Crippen molar-refractivity contribution >= 4 is 5.97 Å².